The van der Waals surface area contributed by atoms with Crippen LogP contribution in [-0.4, -0.2) is 52.3 Å². The molecule has 0 spiro atoms. The van der Waals surface area contributed by atoms with Gasteiger partial charge in [-0.25, -0.2) is 14.4 Å². The second kappa shape index (κ2) is 9.20. The summed E-state index contributed by atoms with van der Waals surface area (Å²) >= 11 is 0. The molecule has 0 N–H and O–H groups in total. The smallest absolute Gasteiger partial charge is 0.256 e. The predicted molar refractivity (Wildman–Crippen MR) is 162 cm³/mol. The molecule has 4 aromatic heterocycles. The highest BCUT2D eigenvalue weighted by Gasteiger charge is 2.40. The maximum Gasteiger partial charge on any atom is 0.256 e. The molecule has 10 nitrogen and oxygen atoms in total. The van der Waals surface area contributed by atoms with Crippen LogP contribution in [0.15, 0.2) is 75.4 Å². The van der Waals surface area contributed by atoms with E-state index >= 15 is 0 Å². The lowest BCUT2D eigenvalue weighted by Gasteiger charge is -2.27. The van der Waals surface area contributed by atoms with Gasteiger partial charge in [0.05, 0.1) is 17.1 Å². The molecule has 7 rings (SSSR count). The minimum absolute atomic E-state index is 0.418. The summed E-state index contributed by atoms with van der Waals surface area (Å²) in [5.41, 5.74) is 7.02. The van der Waals surface area contributed by atoms with Crippen molar-refractivity contribution in [3.63, 3.8) is 0 Å². The molecule has 0 aliphatic carbocycles. The van der Waals surface area contributed by atoms with Gasteiger partial charge in [-0.1, -0.05) is 32.0 Å². The summed E-state index contributed by atoms with van der Waals surface area (Å²) in [4.78, 5) is 21.5. The number of hydrogen-bond acceptors (Lipinski definition) is 8. The predicted octanol–water partition coefficient (Wildman–Crippen LogP) is 5.91. The van der Waals surface area contributed by atoms with Gasteiger partial charge in [0, 0.05) is 52.7 Å². The number of rotatable bonds is 4. The minimum atomic E-state index is -0.418. The van der Waals surface area contributed by atoms with E-state index < -0.39 is 5.41 Å². The van der Waals surface area contributed by atoms with Gasteiger partial charge in [-0.2, -0.15) is 25.1 Å². The number of aromatic nitrogens is 7. The van der Waals surface area contributed by atoms with Crippen LogP contribution in [-0.2, 0) is 0 Å². The van der Waals surface area contributed by atoms with Crippen molar-refractivity contribution in [2.75, 3.05) is 7.05 Å². The van der Waals surface area contributed by atoms with Gasteiger partial charge in [0.1, 0.15) is 17.2 Å². The molecule has 210 valence electrons. The van der Waals surface area contributed by atoms with Gasteiger partial charge < -0.3 is 9.32 Å². The average Bonchev–Trinajstić information content (AvgIpc) is 3.68. The fourth-order valence-corrected chi connectivity index (χ4v) is 5.59. The Morgan fingerprint density at radius 1 is 0.833 bits per heavy atom. The van der Waals surface area contributed by atoms with Crippen LogP contribution in [0.4, 0.5) is 0 Å². The molecule has 0 amide bonds. The van der Waals surface area contributed by atoms with E-state index in [0.717, 1.165) is 62.2 Å². The number of fused-ring (bicyclic) bond motifs is 2. The average molecular weight is 558 g/mol. The highest BCUT2D eigenvalue weighted by Crippen LogP contribution is 2.46. The highest BCUT2D eigenvalue weighted by molar-refractivity contribution is 6.08. The lowest BCUT2D eigenvalue weighted by molar-refractivity contribution is 0.563. The third-order valence-corrected chi connectivity index (χ3v) is 7.75. The summed E-state index contributed by atoms with van der Waals surface area (Å²) in [7, 11) is 2.01. The van der Waals surface area contributed by atoms with E-state index in [1.165, 1.54) is 0 Å². The van der Waals surface area contributed by atoms with E-state index in [-0.39, 0.29) is 0 Å². The largest absolute Gasteiger partial charge is 0.456 e. The number of hydrogen-bond donors (Lipinski definition) is 0. The van der Waals surface area contributed by atoms with Crippen LogP contribution in [0.25, 0.3) is 34.5 Å². The second-order valence-electron chi connectivity index (χ2n) is 11.5. The molecule has 0 fully saturated rings. The lowest BCUT2D eigenvalue weighted by atomic mass is 9.80. The molecule has 2 aliphatic rings. The first-order valence-corrected chi connectivity index (χ1v) is 13.9. The Balaban J connectivity index is 1.33. The third-order valence-electron chi connectivity index (χ3n) is 7.75. The number of aryl methyl sites for hydroxylation is 4. The Labute approximate surface area is 243 Å². The summed E-state index contributed by atoms with van der Waals surface area (Å²) in [6.45, 7) is 12.2. The zero-order chi connectivity index (χ0) is 29.3. The molecule has 6 heterocycles. The molecule has 0 saturated heterocycles. The molecule has 5 aromatic rings. The van der Waals surface area contributed by atoms with Crippen molar-refractivity contribution < 1.29 is 4.42 Å². The highest BCUT2D eigenvalue weighted by atomic mass is 16.3. The van der Waals surface area contributed by atoms with Crippen molar-refractivity contribution >= 4 is 28.5 Å². The van der Waals surface area contributed by atoms with Crippen molar-refractivity contribution in [3.05, 3.63) is 100 Å². The van der Waals surface area contributed by atoms with E-state index in [1.807, 2.05) is 71.2 Å². The van der Waals surface area contributed by atoms with Crippen LogP contribution in [0, 0.1) is 33.1 Å². The van der Waals surface area contributed by atoms with Crippen molar-refractivity contribution in [1.29, 1.82) is 0 Å². The fourth-order valence-electron chi connectivity index (χ4n) is 5.59. The van der Waals surface area contributed by atoms with Gasteiger partial charge in [-0.15, -0.1) is 0 Å². The van der Waals surface area contributed by atoms with E-state index in [4.69, 9.17) is 24.4 Å². The zero-order valence-corrected chi connectivity index (χ0v) is 24.7. The Hall–Kier alpha value is -5.12. The van der Waals surface area contributed by atoms with Crippen molar-refractivity contribution in [2.24, 2.45) is 10.4 Å². The molecule has 0 radical (unpaired) electrons. The first-order valence-electron chi connectivity index (χ1n) is 13.9. The van der Waals surface area contributed by atoms with E-state index in [2.05, 4.69) is 53.4 Å². The standard InChI is InChI=1S/C32H31N9O/c1-18-12-20(3)40(37-18)30-34-28(35-31(36-30)41-21(4)13-19(2)38-41)16-27-32(5,6)24-14-23(17-39(7)29(24)33-27)26-15-22-10-8-9-11-25(22)42-26/h8-17H,1-7H3. The Morgan fingerprint density at radius 2 is 1.48 bits per heavy atom. The summed E-state index contributed by atoms with van der Waals surface area (Å²) in [5.74, 6) is 3.05. The van der Waals surface area contributed by atoms with E-state index in [0.29, 0.717) is 17.7 Å². The van der Waals surface area contributed by atoms with E-state index in [1.54, 1.807) is 9.36 Å². The third kappa shape index (κ3) is 4.18. The van der Waals surface area contributed by atoms with Gasteiger partial charge in [-0.05, 0) is 58.0 Å². The number of para-hydroxylation sites is 1. The van der Waals surface area contributed by atoms with Gasteiger partial charge >= 0.3 is 0 Å². The number of nitrogens with zero attached hydrogens (tertiary/aromatic N) is 9. The summed E-state index contributed by atoms with van der Waals surface area (Å²) in [5, 5.41) is 10.3. The SMILES string of the molecule is Cc1cc(C)n(-c2nc(C=C3N=C4C(=CC(c5cc6ccccc6o5)=CN4C)C3(C)C)nc(-n3nc(C)cc3C)n2)n1. The number of allylic oxidation sites excluding steroid dienone is 3. The van der Waals surface area contributed by atoms with Crippen LogP contribution >= 0.6 is 0 Å². The maximum absolute atomic E-state index is 6.19. The Morgan fingerprint density at radius 3 is 2.07 bits per heavy atom. The quantitative estimate of drug-likeness (QED) is 0.270. The number of aliphatic imine (C=N–C) groups is 1. The van der Waals surface area contributed by atoms with Crippen molar-refractivity contribution in [3.8, 4) is 11.9 Å². The molecule has 0 unspecified atom stereocenters. The number of likely N-dealkylation sites (N-methyl/N-ethyl adjacent to an activating group) is 1. The first kappa shape index (κ1) is 25.8. The van der Waals surface area contributed by atoms with Gasteiger partial charge in [0.2, 0.25) is 0 Å². The van der Waals surface area contributed by atoms with Crippen LogP contribution in [0.2, 0.25) is 0 Å². The molecular formula is C32H31N9O. The number of furan rings is 1. The monoisotopic (exact) mass is 557 g/mol. The maximum atomic E-state index is 6.19. The Kier molecular flexibility index (Phi) is 5.66. The summed E-state index contributed by atoms with van der Waals surface area (Å²) < 4.78 is 9.66. The van der Waals surface area contributed by atoms with Gasteiger partial charge in [-0.3, -0.25) is 0 Å². The van der Waals surface area contributed by atoms with Crippen molar-refractivity contribution in [1.82, 2.24) is 39.4 Å². The number of benzene rings is 1. The molecule has 2 aliphatic heterocycles. The van der Waals surface area contributed by atoms with Crippen LogP contribution < -0.4 is 0 Å². The molecule has 0 atom stereocenters. The zero-order valence-electron chi connectivity index (χ0n) is 24.7. The Bertz CT molecular complexity index is 1930. The van der Waals surface area contributed by atoms with Crippen LogP contribution in [0.1, 0.15) is 48.2 Å². The lowest BCUT2D eigenvalue weighted by Crippen LogP contribution is -2.28. The summed E-state index contributed by atoms with van der Waals surface area (Å²) in [6.07, 6.45) is 6.17. The molecule has 0 saturated carbocycles. The fraction of sp³-hybridized carbons (Fsp3) is 0.250. The van der Waals surface area contributed by atoms with Crippen LogP contribution in [0.5, 0.6) is 0 Å². The molecule has 42 heavy (non-hydrogen) atoms. The van der Waals surface area contributed by atoms with Gasteiger partial charge in [0.25, 0.3) is 11.9 Å². The van der Waals surface area contributed by atoms with Gasteiger partial charge in [0.15, 0.2) is 5.82 Å². The summed E-state index contributed by atoms with van der Waals surface area (Å²) in [6, 6.07) is 14.1. The molecular weight excluding hydrogens is 526 g/mol. The van der Waals surface area contributed by atoms with E-state index in [9.17, 15) is 0 Å². The normalized spacial score (nSPS) is 17.1. The molecule has 10 heteroatoms. The topological polar surface area (TPSA) is 103 Å². The second-order valence-corrected chi connectivity index (χ2v) is 11.5. The molecule has 1 aromatic carbocycles. The van der Waals surface area contributed by atoms with Crippen LogP contribution in [0.3, 0.4) is 0 Å². The first-order chi connectivity index (χ1) is 20.1. The minimum Gasteiger partial charge on any atom is -0.456 e. The molecule has 0 bridgehead atoms. The van der Waals surface area contributed by atoms with Crippen molar-refractivity contribution in [2.45, 2.75) is 41.5 Å². The number of amidine groups is 1.